The average molecular weight is 275 g/mol. The van der Waals surface area contributed by atoms with Crippen LogP contribution in [-0.4, -0.2) is 38.0 Å². The lowest BCUT2D eigenvalue weighted by Gasteiger charge is -2.30. The zero-order valence-corrected chi connectivity index (χ0v) is 12.6. The molecule has 0 bridgehead atoms. The number of aryl methyl sites for hydroxylation is 1. The van der Waals surface area contributed by atoms with Crippen LogP contribution in [0, 0.1) is 0 Å². The number of carbonyl (C=O) groups excluding carboxylic acids is 1. The SMILES string of the molecule is CN(C)C(=O)CCc1ccc(N2CCCCC2)c(N)c1. The van der Waals surface area contributed by atoms with Crippen LogP contribution in [0.5, 0.6) is 0 Å². The Morgan fingerprint density at radius 3 is 2.55 bits per heavy atom. The largest absolute Gasteiger partial charge is 0.397 e. The molecule has 20 heavy (non-hydrogen) atoms. The van der Waals surface area contributed by atoms with Gasteiger partial charge in [0.15, 0.2) is 0 Å². The lowest BCUT2D eigenvalue weighted by atomic mass is 10.1. The maximum Gasteiger partial charge on any atom is 0.222 e. The van der Waals surface area contributed by atoms with E-state index in [0.717, 1.165) is 36.4 Å². The van der Waals surface area contributed by atoms with Gasteiger partial charge in [-0.1, -0.05) is 6.07 Å². The molecular weight excluding hydrogens is 250 g/mol. The molecule has 0 unspecified atom stereocenters. The van der Waals surface area contributed by atoms with Gasteiger partial charge >= 0.3 is 0 Å². The van der Waals surface area contributed by atoms with Gasteiger partial charge in [-0.25, -0.2) is 0 Å². The Balaban J connectivity index is 2.00. The summed E-state index contributed by atoms with van der Waals surface area (Å²) in [5.74, 6) is 0.156. The molecule has 0 aliphatic carbocycles. The molecule has 4 heteroatoms. The number of nitrogens with zero attached hydrogens (tertiary/aromatic N) is 2. The lowest BCUT2D eigenvalue weighted by Crippen LogP contribution is -2.30. The van der Waals surface area contributed by atoms with E-state index in [9.17, 15) is 4.79 Å². The third-order valence-corrected chi connectivity index (χ3v) is 3.92. The Bertz CT molecular complexity index is 465. The molecule has 1 heterocycles. The van der Waals surface area contributed by atoms with Gasteiger partial charge in [0.1, 0.15) is 0 Å². The molecule has 1 aromatic rings. The summed E-state index contributed by atoms with van der Waals surface area (Å²) in [5.41, 5.74) is 9.30. The molecule has 2 rings (SSSR count). The first-order valence-electron chi connectivity index (χ1n) is 7.41. The highest BCUT2D eigenvalue weighted by Crippen LogP contribution is 2.27. The third kappa shape index (κ3) is 3.65. The van der Waals surface area contributed by atoms with Gasteiger partial charge in [-0.2, -0.15) is 0 Å². The van der Waals surface area contributed by atoms with Gasteiger partial charge in [0.25, 0.3) is 0 Å². The molecule has 1 saturated heterocycles. The van der Waals surface area contributed by atoms with Crippen molar-refractivity contribution in [3.63, 3.8) is 0 Å². The highest BCUT2D eigenvalue weighted by molar-refractivity contribution is 5.76. The van der Waals surface area contributed by atoms with Crippen LogP contribution in [-0.2, 0) is 11.2 Å². The normalized spacial score (nSPS) is 15.2. The average Bonchev–Trinajstić information content (AvgIpc) is 2.45. The van der Waals surface area contributed by atoms with Crippen LogP contribution >= 0.6 is 0 Å². The first kappa shape index (κ1) is 14.7. The Morgan fingerprint density at radius 1 is 1.25 bits per heavy atom. The predicted molar refractivity (Wildman–Crippen MR) is 83.9 cm³/mol. The molecule has 0 atom stereocenters. The number of rotatable bonds is 4. The minimum atomic E-state index is 0.156. The van der Waals surface area contributed by atoms with Crippen molar-refractivity contribution in [2.45, 2.75) is 32.1 Å². The first-order valence-corrected chi connectivity index (χ1v) is 7.41. The molecule has 0 aromatic heterocycles. The van der Waals surface area contributed by atoms with Crippen molar-refractivity contribution in [1.29, 1.82) is 0 Å². The van der Waals surface area contributed by atoms with Crippen LogP contribution in [0.25, 0.3) is 0 Å². The summed E-state index contributed by atoms with van der Waals surface area (Å²) in [5, 5.41) is 0. The summed E-state index contributed by atoms with van der Waals surface area (Å²) in [4.78, 5) is 15.6. The zero-order valence-electron chi connectivity index (χ0n) is 12.6. The second-order valence-corrected chi connectivity index (χ2v) is 5.73. The summed E-state index contributed by atoms with van der Waals surface area (Å²) < 4.78 is 0. The molecular formula is C16H25N3O. The molecule has 0 saturated carbocycles. The number of amides is 1. The summed E-state index contributed by atoms with van der Waals surface area (Å²) in [7, 11) is 3.58. The van der Waals surface area contributed by atoms with E-state index in [-0.39, 0.29) is 5.91 Å². The monoisotopic (exact) mass is 275 g/mol. The fourth-order valence-electron chi connectivity index (χ4n) is 2.66. The summed E-state index contributed by atoms with van der Waals surface area (Å²) >= 11 is 0. The summed E-state index contributed by atoms with van der Waals surface area (Å²) in [6.45, 7) is 2.20. The van der Waals surface area contributed by atoms with Gasteiger partial charge in [0.2, 0.25) is 5.91 Å². The third-order valence-electron chi connectivity index (χ3n) is 3.92. The van der Waals surface area contributed by atoms with Crippen LogP contribution in [0.4, 0.5) is 11.4 Å². The van der Waals surface area contributed by atoms with Crippen molar-refractivity contribution in [3.8, 4) is 0 Å². The van der Waals surface area contributed by atoms with E-state index in [4.69, 9.17) is 5.73 Å². The van der Waals surface area contributed by atoms with Crippen molar-refractivity contribution in [3.05, 3.63) is 23.8 Å². The molecule has 4 nitrogen and oxygen atoms in total. The van der Waals surface area contributed by atoms with E-state index >= 15 is 0 Å². The number of benzene rings is 1. The molecule has 1 aliphatic rings. The second kappa shape index (κ2) is 6.64. The Morgan fingerprint density at radius 2 is 1.95 bits per heavy atom. The van der Waals surface area contributed by atoms with Crippen molar-refractivity contribution < 1.29 is 4.79 Å². The van der Waals surface area contributed by atoms with Crippen LogP contribution in [0.3, 0.4) is 0 Å². The lowest BCUT2D eigenvalue weighted by molar-refractivity contribution is -0.128. The Labute approximate surface area is 121 Å². The second-order valence-electron chi connectivity index (χ2n) is 5.73. The first-order chi connectivity index (χ1) is 9.58. The quantitative estimate of drug-likeness (QED) is 0.858. The van der Waals surface area contributed by atoms with Gasteiger partial charge in [0, 0.05) is 33.6 Å². The van der Waals surface area contributed by atoms with Gasteiger partial charge in [-0.05, 0) is 43.4 Å². The van der Waals surface area contributed by atoms with Gasteiger partial charge < -0.3 is 15.5 Å². The van der Waals surface area contributed by atoms with Crippen LogP contribution in [0.15, 0.2) is 18.2 Å². The highest BCUT2D eigenvalue weighted by Gasteiger charge is 2.14. The molecule has 0 radical (unpaired) electrons. The number of carbonyl (C=O) groups is 1. The molecule has 1 aromatic carbocycles. The maximum atomic E-state index is 11.6. The molecule has 110 valence electrons. The standard InChI is InChI=1S/C16H25N3O/c1-18(2)16(20)9-7-13-6-8-15(14(17)12-13)19-10-4-3-5-11-19/h6,8,12H,3-5,7,9-11,17H2,1-2H3. The zero-order chi connectivity index (χ0) is 14.5. The highest BCUT2D eigenvalue weighted by atomic mass is 16.2. The Hall–Kier alpha value is -1.71. The van der Waals surface area contributed by atoms with Crippen molar-refractivity contribution in [2.75, 3.05) is 37.8 Å². The van der Waals surface area contributed by atoms with E-state index in [2.05, 4.69) is 17.0 Å². The van der Waals surface area contributed by atoms with Gasteiger partial charge in [0.05, 0.1) is 11.4 Å². The molecule has 1 amide bonds. The van der Waals surface area contributed by atoms with E-state index < -0.39 is 0 Å². The minimum Gasteiger partial charge on any atom is -0.397 e. The molecule has 0 spiro atoms. The summed E-state index contributed by atoms with van der Waals surface area (Å²) in [6, 6.07) is 6.23. The molecule has 2 N–H and O–H groups in total. The van der Waals surface area contributed by atoms with Crippen molar-refractivity contribution in [2.24, 2.45) is 0 Å². The number of nitrogen functional groups attached to an aromatic ring is 1. The fourth-order valence-corrected chi connectivity index (χ4v) is 2.66. The van der Waals surface area contributed by atoms with E-state index in [1.807, 2.05) is 6.07 Å². The number of hydrogen-bond donors (Lipinski definition) is 1. The van der Waals surface area contributed by atoms with E-state index in [0.29, 0.717) is 6.42 Å². The van der Waals surface area contributed by atoms with Crippen molar-refractivity contribution in [1.82, 2.24) is 4.90 Å². The number of anilines is 2. The smallest absolute Gasteiger partial charge is 0.222 e. The summed E-state index contributed by atoms with van der Waals surface area (Å²) in [6.07, 6.45) is 5.11. The number of nitrogens with two attached hydrogens (primary N) is 1. The Kier molecular flexibility index (Phi) is 4.88. The number of piperidine rings is 1. The van der Waals surface area contributed by atoms with Crippen molar-refractivity contribution >= 4 is 17.3 Å². The van der Waals surface area contributed by atoms with Gasteiger partial charge in [-0.3, -0.25) is 4.79 Å². The van der Waals surface area contributed by atoms with Crippen LogP contribution in [0.2, 0.25) is 0 Å². The minimum absolute atomic E-state index is 0.156. The maximum absolute atomic E-state index is 11.6. The van der Waals surface area contributed by atoms with E-state index in [1.54, 1.807) is 19.0 Å². The predicted octanol–water partition coefficient (Wildman–Crippen LogP) is 2.28. The molecule has 1 aliphatic heterocycles. The fraction of sp³-hybridized carbons (Fsp3) is 0.562. The van der Waals surface area contributed by atoms with E-state index in [1.165, 1.54) is 19.3 Å². The van der Waals surface area contributed by atoms with Crippen LogP contribution in [0.1, 0.15) is 31.2 Å². The van der Waals surface area contributed by atoms with Crippen LogP contribution < -0.4 is 10.6 Å². The number of hydrogen-bond acceptors (Lipinski definition) is 3. The topological polar surface area (TPSA) is 49.6 Å². The molecule has 1 fully saturated rings. The van der Waals surface area contributed by atoms with Gasteiger partial charge in [-0.15, -0.1) is 0 Å².